The van der Waals surface area contributed by atoms with Crippen LogP contribution in [-0.2, 0) is 9.84 Å². The van der Waals surface area contributed by atoms with E-state index in [0.29, 0.717) is 17.4 Å². The second kappa shape index (κ2) is 8.28. The molecule has 0 saturated carbocycles. The molecule has 0 fully saturated rings. The van der Waals surface area contributed by atoms with Crippen LogP contribution in [0.2, 0.25) is 5.02 Å². The Morgan fingerprint density at radius 3 is 2.28 bits per heavy atom. The summed E-state index contributed by atoms with van der Waals surface area (Å²) >= 11 is 5.82. The van der Waals surface area contributed by atoms with Gasteiger partial charge >= 0.3 is 0 Å². The molecule has 2 aromatic carbocycles. The van der Waals surface area contributed by atoms with Crippen LogP contribution in [0.4, 0.5) is 8.78 Å². The van der Waals surface area contributed by atoms with Crippen LogP contribution < -0.4 is 0 Å². The average Bonchev–Trinajstić information content (AvgIpc) is 2.58. The predicted molar refractivity (Wildman–Crippen MR) is 96.4 cm³/mol. The van der Waals surface area contributed by atoms with E-state index in [4.69, 9.17) is 11.6 Å². The molecule has 0 aliphatic rings. The van der Waals surface area contributed by atoms with Gasteiger partial charge in [-0.2, -0.15) is 0 Å². The van der Waals surface area contributed by atoms with Crippen LogP contribution in [0.25, 0.3) is 0 Å². The molecular formula is C19H21ClF2O2S. The summed E-state index contributed by atoms with van der Waals surface area (Å²) < 4.78 is 54.1. The molecule has 25 heavy (non-hydrogen) atoms. The molecule has 0 aliphatic carbocycles. The third-order valence-corrected chi connectivity index (χ3v) is 6.86. The van der Waals surface area contributed by atoms with Crippen molar-refractivity contribution >= 4 is 21.4 Å². The van der Waals surface area contributed by atoms with Crippen molar-refractivity contribution in [3.05, 3.63) is 64.7 Å². The number of rotatable bonds is 7. The first-order chi connectivity index (χ1) is 11.8. The SMILES string of the molecule is CCC(C)CCC(c1cc(F)ccc1F)S(=O)(=O)c1ccc(Cl)cc1. The summed E-state index contributed by atoms with van der Waals surface area (Å²) in [5.74, 6) is -1.08. The van der Waals surface area contributed by atoms with Gasteiger partial charge in [0.1, 0.15) is 11.6 Å². The van der Waals surface area contributed by atoms with Crippen LogP contribution in [0.5, 0.6) is 0 Å². The summed E-state index contributed by atoms with van der Waals surface area (Å²) in [6, 6.07) is 8.67. The Bertz CT molecular complexity index is 820. The Labute approximate surface area is 152 Å². The first-order valence-electron chi connectivity index (χ1n) is 8.20. The smallest absolute Gasteiger partial charge is 0.185 e. The van der Waals surface area contributed by atoms with Gasteiger partial charge in [0.15, 0.2) is 9.84 Å². The van der Waals surface area contributed by atoms with Gasteiger partial charge in [0.05, 0.1) is 10.1 Å². The van der Waals surface area contributed by atoms with E-state index in [-0.39, 0.29) is 16.9 Å². The van der Waals surface area contributed by atoms with E-state index >= 15 is 0 Å². The van der Waals surface area contributed by atoms with E-state index in [0.717, 1.165) is 24.6 Å². The maximum atomic E-state index is 14.3. The summed E-state index contributed by atoms with van der Waals surface area (Å²) in [6.45, 7) is 4.02. The topological polar surface area (TPSA) is 34.1 Å². The Hall–Kier alpha value is -1.46. The van der Waals surface area contributed by atoms with Gasteiger partial charge in [0.2, 0.25) is 0 Å². The molecule has 2 rings (SSSR count). The Kier molecular flexibility index (Phi) is 6.58. The molecule has 6 heteroatoms. The van der Waals surface area contributed by atoms with Gasteiger partial charge in [-0.05, 0) is 61.2 Å². The Morgan fingerprint density at radius 2 is 1.68 bits per heavy atom. The van der Waals surface area contributed by atoms with Gasteiger partial charge in [-0.25, -0.2) is 17.2 Å². The van der Waals surface area contributed by atoms with Crippen molar-refractivity contribution in [1.29, 1.82) is 0 Å². The molecule has 2 unspecified atom stereocenters. The molecule has 0 spiro atoms. The summed E-state index contributed by atoms with van der Waals surface area (Å²) in [5, 5.41) is -0.731. The van der Waals surface area contributed by atoms with Crippen LogP contribution in [0.1, 0.15) is 43.9 Å². The number of benzene rings is 2. The van der Waals surface area contributed by atoms with E-state index in [1.54, 1.807) is 0 Å². The predicted octanol–water partition coefficient (Wildman–Crippen LogP) is 5.96. The first-order valence-corrected chi connectivity index (χ1v) is 10.1. The highest BCUT2D eigenvalue weighted by molar-refractivity contribution is 7.91. The van der Waals surface area contributed by atoms with Crippen LogP contribution in [0.3, 0.4) is 0 Å². The molecule has 0 bridgehead atoms. The molecular weight excluding hydrogens is 366 g/mol. The van der Waals surface area contributed by atoms with Crippen molar-refractivity contribution in [2.75, 3.05) is 0 Å². The zero-order valence-electron chi connectivity index (χ0n) is 14.2. The van der Waals surface area contributed by atoms with Crippen LogP contribution in [0.15, 0.2) is 47.4 Å². The van der Waals surface area contributed by atoms with Crippen molar-refractivity contribution in [2.24, 2.45) is 5.92 Å². The summed E-state index contributed by atoms with van der Waals surface area (Å²) in [6.07, 6.45) is 1.71. The lowest BCUT2D eigenvalue weighted by atomic mass is 9.98. The standard InChI is InChI=1S/C19H21ClF2O2S/c1-3-13(2)4-11-19(17-12-15(21)7-10-18(17)22)25(23,24)16-8-5-14(20)6-9-16/h5-10,12-13,19H,3-4,11H2,1-2H3. The molecule has 136 valence electrons. The minimum absolute atomic E-state index is 0.0507. The van der Waals surface area contributed by atoms with Crippen molar-refractivity contribution in [3.8, 4) is 0 Å². The lowest BCUT2D eigenvalue weighted by molar-refractivity contribution is 0.475. The number of hydrogen-bond acceptors (Lipinski definition) is 2. The molecule has 2 aromatic rings. The number of sulfone groups is 1. The molecule has 0 N–H and O–H groups in total. The van der Waals surface area contributed by atoms with Crippen molar-refractivity contribution in [2.45, 2.75) is 43.3 Å². The van der Waals surface area contributed by atoms with Crippen LogP contribution in [0, 0.1) is 17.6 Å². The van der Waals surface area contributed by atoms with Gasteiger partial charge in [-0.1, -0.05) is 31.9 Å². The molecule has 0 radical (unpaired) electrons. The molecule has 0 heterocycles. The average molecular weight is 387 g/mol. The van der Waals surface area contributed by atoms with Gasteiger partial charge in [-0.3, -0.25) is 0 Å². The highest BCUT2D eigenvalue weighted by Gasteiger charge is 2.31. The minimum atomic E-state index is -3.88. The summed E-state index contributed by atoms with van der Waals surface area (Å²) in [4.78, 5) is 0.0507. The lowest BCUT2D eigenvalue weighted by Crippen LogP contribution is -2.16. The maximum absolute atomic E-state index is 14.3. The second-order valence-corrected chi connectivity index (χ2v) is 8.81. The normalized spacial score (nSPS) is 14.3. The third-order valence-electron chi connectivity index (χ3n) is 4.44. The van der Waals surface area contributed by atoms with Crippen LogP contribution >= 0.6 is 11.6 Å². The third kappa shape index (κ3) is 4.79. The quantitative estimate of drug-likeness (QED) is 0.588. The zero-order chi connectivity index (χ0) is 18.6. The van der Waals surface area contributed by atoms with E-state index in [2.05, 4.69) is 0 Å². The number of halogens is 3. The second-order valence-electron chi connectivity index (χ2n) is 6.24. The molecule has 2 atom stereocenters. The molecule has 0 aromatic heterocycles. The van der Waals surface area contributed by atoms with Gasteiger partial charge in [0.25, 0.3) is 0 Å². The van der Waals surface area contributed by atoms with E-state index < -0.39 is 26.7 Å². The zero-order valence-corrected chi connectivity index (χ0v) is 15.7. The summed E-state index contributed by atoms with van der Waals surface area (Å²) in [5.41, 5.74) is -0.127. The largest absolute Gasteiger partial charge is 0.223 e. The van der Waals surface area contributed by atoms with E-state index in [9.17, 15) is 17.2 Å². The fourth-order valence-electron chi connectivity index (χ4n) is 2.67. The fourth-order valence-corrected chi connectivity index (χ4v) is 4.60. The summed E-state index contributed by atoms with van der Waals surface area (Å²) in [7, 11) is -3.88. The molecule has 2 nitrogen and oxygen atoms in total. The van der Waals surface area contributed by atoms with Gasteiger partial charge in [-0.15, -0.1) is 0 Å². The van der Waals surface area contributed by atoms with E-state index in [1.165, 1.54) is 24.3 Å². The lowest BCUT2D eigenvalue weighted by Gasteiger charge is -2.20. The number of hydrogen-bond donors (Lipinski definition) is 0. The van der Waals surface area contributed by atoms with Gasteiger partial charge in [0, 0.05) is 10.6 Å². The van der Waals surface area contributed by atoms with Crippen molar-refractivity contribution in [1.82, 2.24) is 0 Å². The Balaban J connectivity index is 2.49. The Morgan fingerprint density at radius 1 is 1.04 bits per heavy atom. The van der Waals surface area contributed by atoms with Gasteiger partial charge < -0.3 is 0 Å². The fraction of sp³-hybridized carbons (Fsp3) is 0.368. The molecule has 0 saturated heterocycles. The monoisotopic (exact) mass is 386 g/mol. The van der Waals surface area contributed by atoms with Crippen molar-refractivity contribution in [3.63, 3.8) is 0 Å². The van der Waals surface area contributed by atoms with E-state index in [1.807, 2.05) is 13.8 Å². The van der Waals surface area contributed by atoms with Crippen molar-refractivity contribution < 1.29 is 17.2 Å². The minimum Gasteiger partial charge on any atom is -0.223 e. The highest BCUT2D eigenvalue weighted by atomic mass is 35.5. The van der Waals surface area contributed by atoms with Crippen LogP contribution in [-0.4, -0.2) is 8.42 Å². The molecule has 0 aliphatic heterocycles. The molecule has 0 amide bonds. The first kappa shape index (κ1) is 19.9. The highest BCUT2D eigenvalue weighted by Crippen LogP contribution is 2.36. The maximum Gasteiger partial charge on any atom is 0.185 e.